The van der Waals surface area contributed by atoms with Gasteiger partial charge in [0.1, 0.15) is 11.6 Å². The molecule has 0 spiro atoms. The standard InChI is InChI=1S/C10H7F2NO3/c11-7-3-5(10(15)16)4-8(12)6(7)1-2-9(13)14/h1-4H,(H2,13,14)(H,15,16). The Morgan fingerprint density at radius 2 is 1.75 bits per heavy atom. The lowest BCUT2D eigenvalue weighted by Crippen LogP contribution is -2.06. The molecule has 16 heavy (non-hydrogen) atoms. The molecule has 0 fully saturated rings. The number of rotatable bonds is 3. The van der Waals surface area contributed by atoms with Crippen molar-refractivity contribution in [1.29, 1.82) is 0 Å². The summed E-state index contributed by atoms with van der Waals surface area (Å²) in [4.78, 5) is 20.8. The molecule has 4 nitrogen and oxygen atoms in total. The van der Waals surface area contributed by atoms with Gasteiger partial charge in [-0.05, 0) is 18.2 Å². The van der Waals surface area contributed by atoms with E-state index in [0.717, 1.165) is 12.2 Å². The minimum atomic E-state index is -1.44. The highest BCUT2D eigenvalue weighted by molar-refractivity contribution is 5.91. The molecule has 0 saturated heterocycles. The van der Waals surface area contributed by atoms with Gasteiger partial charge in [-0.3, -0.25) is 4.79 Å². The fourth-order valence-electron chi connectivity index (χ4n) is 1.03. The zero-order valence-electron chi connectivity index (χ0n) is 7.91. The molecule has 0 heterocycles. The molecule has 0 aliphatic heterocycles. The summed E-state index contributed by atoms with van der Waals surface area (Å²) < 4.78 is 26.4. The Morgan fingerprint density at radius 3 is 2.12 bits per heavy atom. The summed E-state index contributed by atoms with van der Waals surface area (Å²) in [6.07, 6.45) is 1.63. The molecule has 0 atom stereocenters. The van der Waals surface area contributed by atoms with Gasteiger partial charge in [0, 0.05) is 11.6 Å². The Hall–Kier alpha value is -2.24. The van der Waals surface area contributed by atoms with Gasteiger partial charge in [-0.15, -0.1) is 0 Å². The molecule has 1 aromatic rings. The van der Waals surface area contributed by atoms with Crippen molar-refractivity contribution in [2.75, 3.05) is 0 Å². The highest BCUT2D eigenvalue weighted by Gasteiger charge is 2.12. The van der Waals surface area contributed by atoms with Crippen LogP contribution in [0.4, 0.5) is 8.78 Å². The molecular weight excluding hydrogens is 220 g/mol. The lowest BCUT2D eigenvalue weighted by molar-refractivity contribution is -0.113. The summed E-state index contributed by atoms with van der Waals surface area (Å²) in [5, 5.41) is 8.52. The van der Waals surface area contributed by atoms with E-state index in [2.05, 4.69) is 0 Å². The van der Waals surface area contributed by atoms with E-state index in [1.807, 2.05) is 0 Å². The molecule has 6 heteroatoms. The van der Waals surface area contributed by atoms with Gasteiger partial charge in [-0.1, -0.05) is 0 Å². The van der Waals surface area contributed by atoms with Crippen molar-refractivity contribution in [1.82, 2.24) is 0 Å². The third-order valence-corrected chi connectivity index (χ3v) is 1.74. The van der Waals surface area contributed by atoms with E-state index < -0.39 is 34.6 Å². The molecule has 84 valence electrons. The maximum Gasteiger partial charge on any atom is 0.335 e. The minimum absolute atomic E-state index is 0.508. The predicted molar refractivity (Wildman–Crippen MR) is 51.5 cm³/mol. The Labute approximate surface area is 89.0 Å². The first kappa shape index (κ1) is 11.8. The molecule has 0 radical (unpaired) electrons. The summed E-state index contributed by atoms with van der Waals surface area (Å²) in [6.45, 7) is 0. The van der Waals surface area contributed by atoms with Crippen LogP contribution in [0.3, 0.4) is 0 Å². The first-order valence-electron chi connectivity index (χ1n) is 4.11. The molecule has 3 N–H and O–H groups in total. The second kappa shape index (κ2) is 4.52. The first-order valence-corrected chi connectivity index (χ1v) is 4.11. The number of hydrogen-bond acceptors (Lipinski definition) is 2. The summed E-state index contributed by atoms with van der Waals surface area (Å²) >= 11 is 0. The number of aromatic carboxylic acids is 1. The van der Waals surface area contributed by atoms with Crippen molar-refractivity contribution in [3.8, 4) is 0 Å². The van der Waals surface area contributed by atoms with Crippen LogP contribution in [-0.4, -0.2) is 17.0 Å². The Bertz CT molecular complexity index is 460. The van der Waals surface area contributed by atoms with Crippen molar-refractivity contribution in [2.24, 2.45) is 5.73 Å². The van der Waals surface area contributed by atoms with Crippen molar-refractivity contribution in [2.45, 2.75) is 0 Å². The summed E-state index contributed by atoms with van der Waals surface area (Å²) in [6, 6.07) is 1.32. The number of halogens is 2. The van der Waals surface area contributed by atoms with Crippen LogP contribution in [0.1, 0.15) is 15.9 Å². The molecule has 1 amide bonds. The fraction of sp³-hybridized carbons (Fsp3) is 0. The van der Waals surface area contributed by atoms with Crippen LogP contribution < -0.4 is 5.73 Å². The molecule has 0 bridgehead atoms. The van der Waals surface area contributed by atoms with E-state index in [1.165, 1.54) is 0 Å². The van der Waals surface area contributed by atoms with Gasteiger partial charge in [0.25, 0.3) is 0 Å². The lowest BCUT2D eigenvalue weighted by Gasteiger charge is -2.01. The van der Waals surface area contributed by atoms with Crippen LogP contribution in [0, 0.1) is 11.6 Å². The van der Waals surface area contributed by atoms with Crippen LogP contribution in [0.5, 0.6) is 0 Å². The van der Waals surface area contributed by atoms with Crippen molar-refractivity contribution < 1.29 is 23.5 Å². The van der Waals surface area contributed by atoms with Gasteiger partial charge in [-0.25, -0.2) is 13.6 Å². The number of primary amides is 1. The van der Waals surface area contributed by atoms with Crippen LogP contribution in [-0.2, 0) is 4.79 Å². The highest BCUT2D eigenvalue weighted by Crippen LogP contribution is 2.17. The molecule has 1 aromatic carbocycles. The number of benzene rings is 1. The number of carboxylic acid groups (broad SMARTS) is 1. The number of carbonyl (C=O) groups is 2. The lowest BCUT2D eigenvalue weighted by atomic mass is 10.1. The van der Waals surface area contributed by atoms with Gasteiger partial charge in [0.05, 0.1) is 5.56 Å². The van der Waals surface area contributed by atoms with Crippen molar-refractivity contribution in [3.05, 3.63) is 41.0 Å². The molecule has 1 rings (SSSR count). The van der Waals surface area contributed by atoms with Gasteiger partial charge in [0.15, 0.2) is 0 Å². The largest absolute Gasteiger partial charge is 0.478 e. The van der Waals surface area contributed by atoms with Crippen molar-refractivity contribution in [3.63, 3.8) is 0 Å². The summed E-state index contributed by atoms with van der Waals surface area (Å²) in [5.74, 6) is -4.45. The quantitative estimate of drug-likeness (QED) is 0.760. The smallest absolute Gasteiger partial charge is 0.335 e. The normalized spacial score (nSPS) is 10.6. The van der Waals surface area contributed by atoms with E-state index in [1.54, 1.807) is 0 Å². The molecular formula is C10H7F2NO3. The number of carboxylic acids is 1. The number of hydrogen-bond donors (Lipinski definition) is 2. The summed E-state index contributed by atoms with van der Waals surface area (Å²) in [7, 11) is 0. The SMILES string of the molecule is NC(=O)C=Cc1c(F)cc(C(=O)O)cc1F. The summed E-state index contributed by atoms with van der Waals surface area (Å²) in [5.41, 5.74) is 3.74. The second-order valence-corrected chi connectivity index (χ2v) is 2.89. The third kappa shape index (κ3) is 2.63. The van der Waals surface area contributed by atoms with E-state index in [-0.39, 0.29) is 0 Å². The molecule has 0 unspecified atom stereocenters. The maximum absolute atomic E-state index is 13.2. The van der Waals surface area contributed by atoms with E-state index in [0.29, 0.717) is 12.1 Å². The zero-order chi connectivity index (χ0) is 12.3. The monoisotopic (exact) mass is 227 g/mol. The average Bonchev–Trinajstić information content (AvgIpc) is 2.15. The van der Waals surface area contributed by atoms with Gasteiger partial charge in [0.2, 0.25) is 5.91 Å². The Kier molecular flexibility index (Phi) is 3.34. The third-order valence-electron chi connectivity index (χ3n) is 1.74. The maximum atomic E-state index is 13.2. The molecule has 0 aromatic heterocycles. The Morgan fingerprint density at radius 1 is 1.25 bits per heavy atom. The first-order chi connectivity index (χ1) is 7.41. The molecule has 0 saturated carbocycles. The van der Waals surface area contributed by atoms with E-state index in [9.17, 15) is 18.4 Å². The molecule has 0 aliphatic carbocycles. The number of carbonyl (C=O) groups excluding carboxylic acids is 1. The Balaban J connectivity index is 3.22. The van der Waals surface area contributed by atoms with Crippen molar-refractivity contribution >= 4 is 18.0 Å². The van der Waals surface area contributed by atoms with Gasteiger partial charge >= 0.3 is 5.97 Å². The van der Waals surface area contributed by atoms with E-state index in [4.69, 9.17) is 10.8 Å². The van der Waals surface area contributed by atoms with Gasteiger partial charge < -0.3 is 10.8 Å². The van der Waals surface area contributed by atoms with Gasteiger partial charge in [-0.2, -0.15) is 0 Å². The average molecular weight is 227 g/mol. The highest BCUT2D eigenvalue weighted by atomic mass is 19.1. The molecule has 0 aliphatic rings. The van der Waals surface area contributed by atoms with Crippen LogP contribution >= 0.6 is 0 Å². The topological polar surface area (TPSA) is 80.4 Å². The number of amides is 1. The zero-order valence-corrected chi connectivity index (χ0v) is 7.91. The fourth-order valence-corrected chi connectivity index (χ4v) is 1.03. The second-order valence-electron chi connectivity index (χ2n) is 2.89. The predicted octanol–water partition coefficient (Wildman–Crippen LogP) is 1.16. The van der Waals surface area contributed by atoms with Crippen LogP contribution in [0.2, 0.25) is 0 Å². The van der Waals surface area contributed by atoms with Crippen LogP contribution in [0.15, 0.2) is 18.2 Å². The number of nitrogens with two attached hydrogens (primary N) is 1. The minimum Gasteiger partial charge on any atom is -0.478 e. The van der Waals surface area contributed by atoms with E-state index >= 15 is 0 Å². The van der Waals surface area contributed by atoms with Crippen LogP contribution in [0.25, 0.3) is 6.08 Å².